The van der Waals surface area contributed by atoms with Crippen LogP contribution in [0.3, 0.4) is 0 Å². The van der Waals surface area contributed by atoms with Gasteiger partial charge in [0, 0.05) is 30.3 Å². The Morgan fingerprint density at radius 2 is 2.23 bits per heavy atom. The molecule has 138 valence electrons. The average Bonchev–Trinajstić information content (AvgIpc) is 3.08. The SMILES string of the molecule is NC(CCN1CCC[C@H]1COc1cccc(F)c1)CC1=C=C=CC=C1F. The standard InChI is InChI=1S/C21H24F2N2O/c22-17-6-3-8-20(14-17)26-15-19-7-4-11-25(19)12-10-18(24)13-16-5-1-2-9-21(16)23/h2-3,6,8-9,14,18-19H,4,7,10-13,15,24H2/t18?,19-/m0/s1. The van der Waals surface area contributed by atoms with E-state index in [1.165, 1.54) is 24.3 Å². The van der Waals surface area contributed by atoms with Crippen LogP contribution in [0.2, 0.25) is 0 Å². The molecule has 0 bridgehead atoms. The first-order valence-corrected chi connectivity index (χ1v) is 9.06. The summed E-state index contributed by atoms with van der Waals surface area (Å²) in [6.07, 6.45) is 6.31. The molecule has 0 spiro atoms. The molecule has 2 N–H and O–H groups in total. The van der Waals surface area contributed by atoms with Crippen LogP contribution in [0, 0.1) is 5.82 Å². The lowest BCUT2D eigenvalue weighted by atomic mass is 10.0. The van der Waals surface area contributed by atoms with Crippen LogP contribution < -0.4 is 10.5 Å². The number of halogens is 2. The summed E-state index contributed by atoms with van der Waals surface area (Å²) in [7, 11) is 0. The second-order valence-electron chi connectivity index (χ2n) is 6.78. The number of rotatable bonds is 8. The number of nitrogens with two attached hydrogens (primary N) is 1. The molecule has 26 heavy (non-hydrogen) atoms. The lowest BCUT2D eigenvalue weighted by molar-refractivity contribution is 0.168. The summed E-state index contributed by atoms with van der Waals surface area (Å²) in [4.78, 5) is 2.36. The van der Waals surface area contributed by atoms with Gasteiger partial charge in [-0.05, 0) is 56.5 Å². The Balaban J connectivity index is 1.45. The third-order valence-corrected chi connectivity index (χ3v) is 4.82. The molecule has 1 aliphatic heterocycles. The molecule has 3 nitrogen and oxygen atoms in total. The highest BCUT2D eigenvalue weighted by molar-refractivity contribution is 5.32. The predicted molar refractivity (Wildman–Crippen MR) is 98.0 cm³/mol. The summed E-state index contributed by atoms with van der Waals surface area (Å²) in [5, 5.41) is 0. The van der Waals surface area contributed by atoms with Crippen molar-refractivity contribution in [1.82, 2.24) is 4.90 Å². The maximum Gasteiger partial charge on any atom is 0.135 e. The van der Waals surface area contributed by atoms with E-state index in [-0.39, 0.29) is 17.7 Å². The third-order valence-electron chi connectivity index (χ3n) is 4.82. The predicted octanol–water partition coefficient (Wildman–Crippen LogP) is 3.88. The second kappa shape index (κ2) is 8.98. The zero-order valence-corrected chi connectivity index (χ0v) is 14.8. The van der Waals surface area contributed by atoms with Crippen LogP contribution in [0.15, 0.2) is 59.3 Å². The number of hydrogen-bond acceptors (Lipinski definition) is 3. The minimum Gasteiger partial charge on any atom is -0.492 e. The smallest absolute Gasteiger partial charge is 0.135 e. The van der Waals surface area contributed by atoms with Gasteiger partial charge in [0.2, 0.25) is 0 Å². The van der Waals surface area contributed by atoms with Gasteiger partial charge in [0.25, 0.3) is 0 Å². The molecule has 0 radical (unpaired) electrons. The van der Waals surface area contributed by atoms with E-state index in [0.29, 0.717) is 30.4 Å². The Morgan fingerprint density at radius 3 is 3.04 bits per heavy atom. The summed E-state index contributed by atoms with van der Waals surface area (Å²) >= 11 is 0. The molecule has 1 aromatic rings. The van der Waals surface area contributed by atoms with Gasteiger partial charge < -0.3 is 10.5 Å². The van der Waals surface area contributed by atoms with Gasteiger partial charge in [-0.15, -0.1) is 0 Å². The fourth-order valence-corrected chi connectivity index (χ4v) is 3.38. The summed E-state index contributed by atoms with van der Waals surface area (Å²) in [5.74, 6) is -0.0134. The van der Waals surface area contributed by atoms with Crippen molar-refractivity contribution in [3.63, 3.8) is 0 Å². The fourth-order valence-electron chi connectivity index (χ4n) is 3.38. The number of benzene rings is 1. The molecule has 1 saturated heterocycles. The molecule has 1 fully saturated rings. The van der Waals surface area contributed by atoms with Gasteiger partial charge in [0.15, 0.2) is 0 Å². The molecule has 5 heteroatoms. The Kier molecular flexibility index (Phi) is 6.43. The highest BCUT2D eigenvalue weighted by Gasteiger charge is 2.25. The molecule has 3 rings (SSSR count). The van der Waals surface area contributed by atoms with Gasteiger partial charge in [0.1, 0.15) is 24.0 Å². The van der Waals surface area contributed by atoms with Crippen LogP contribution in [0.1, 0.15) is 25.7 Å². The van der Waals surface area contributed by atoms with Crippen molar-refractivity contribution < 1.29 is 13.5 Å². The topological polar surface area (TPSA) is 38.5 Å². The van der Waals surface area contributed by atoms with E-state index in [1.807, 2.05) is 0 Å². The second-order valence-corrected chi connectivity index (χ2v) is 6.78. The molecule has 2 atom stereocenters. The molecule has 2 aliphatic rings. The van der Waals surface area contributed by atoms with Crippen molar-refractivity contribution in [1.29, 1.82) is 0 Å². The first-order chi connectivity index (χ1) is 12.6. The molecule has 1 heterocycles. The lowest BCUT2D eigenvalue weighted by Gasteiger charge is -2.26. The number of ether oxygens (including phenoxy) is 1. The van der Waals surface area contributed by atoms with Gasteiger partial charge in [-0.1, -0.05) is 17.5 Å². The van der Waals surface area contributed by atoms with Gasteiger partial charge in [-0.3, -0.25) is 4.90 Å². The van der Waals surface area contributed by atoms with E-state index in [9.17, 15) is 8.78 Å². The van der Waals surface area contributed by atoms with Crippen LogP contribution in [0.25, 0.3) is 0 Å². The zero-order chi connectivity index (χ0) is 18.4. The first-order valence-electron chi connectivity index (χ1n) is 9.06. The fraction of sp³-hybridized carbons (Fsp3) is 0.429. The maximum atomic E-state index is 13.7. The summed E-state index contributed by atoms with van der Waals surface area (Å²) in [6.45, 7) is 2.38. The van der Waals surface area contributed by atoms with Crippen LogP contribution in [0.4, 0.5) is 8.78 Å². The Morgan fingerprint density at radius 1 is 1.35 bits per heavy atom. The van der Waals surface area contributed by atoms with Crippen molar-refractivity contribution in [3.8, 4) is 5.75 Å². The molecule has 0 saturated carbocycles. The van der Waals surface area contributed by atoms with Crippen LogP contribution in [0.5, 0.6) is 5.75 Å². The van der Waals surface area contributed by atoms with Crippen LogP contribution in [-0.2, 0) is 0 Å². The van der Waals surface area contributed by atoms with Crippen molar-refractivity contribution in [2.24, 2.45) is 5.73 Å². The van der Waals surface area contributed by atoms with Crippen molar-refractivity contribution in [3.05, 3.63) is 65.1 Å². The number of likely N-dealkylation sites (tertiary alicyclic amines) is 1. The normalized spacial score (nSPS) is 20.8. The van der Waals surface area contributed by atoms with E-state index in [4.69, 9.17) is 10.5 Å². The van der Waals surface area contributed by atoms with Crippen molar-refractivity contribution in [2.75, 3.05) is 19.7 Å². The highest BCUT2D eigenvalue weighted by atomic mass is 19.1. The summed E-state index contributed by atoms with van der Waals surface area (Å²) < 4.78 is 32.7. The average molecular weight is 358 g/mol. The van der Waals surface area contributed by atoms with Gasteiger partial charge >= 0.3 is 0 Å². The molecule has 1 aromatic carbocycles. The van der Waals surface area contributed by atoms with E-state index in [0.717, 1.165) is 32.4 Å². The van der Waals surface area contributed by atoms with Crippen LogP contribution >= 0.6 is 0 Å². The number of allylic oxidation sites excluding steroid dienone is 3. The number of hydrogen-bond donors (Lipinski definition) is 1. The third kappa shape index (κ3) is 5.17. The lowest BCUT2D eigenvalue weighted by Crippen LogP contribution is -2.37. The monoisotopic (exact) mass is 358 g/mol. The Hall–Kier alpha value is -2.16. The Labute approximate surface area is 153 Å². The van der Waals surface area contributed by atoms with E-state index >= 15 is 0 Å². The van der Waals surface area contributed by atoms with Crippen molar-refractivity contribution in [2.45, 2.75) is 37.8 Å². The first kappa shape index (κ1) is 18.6. The van der Waals surface area contributed by atoms with Gasteiger partial charge in [-0.2, -0.15) is 0 Å². The Bertz CT molecular complexity index is 761. The molecule has 1 aliphatic carbocycles. The zero-order valence-electron chi connectivity index (χ0n) is 14.8. The molecular weight excluding hydrogens is 334 g/mol. The minimum absolute atomic E-state index is 0.123. The van der Waals surface area contributed by atoms with Gasteiger partial charge in [0.05, 0.1) is 0 Å². The molecule has 0 amide bonds. The molecule has 1 unspecified atom stereocenters. The summed E-state index contributed by atoms with van der Waals surface area (Å²) in [6, 6.07) is 6.40. The van der Waals surface area contributed by atoms with E-state index in [1.54, 1.807) is 12.1 Å². The maximum absolute atomic E-state index is 13.7. The molecule has 0 aromatic heterocycles. The van der Waals surface area contributed by atoms with Gasteiger partial charge in [-0.25, -0.2) is 8.78 Å². The minimum atomic E-state index is -0.293. The largest absolute Gasteiger partial charge is 0.492 e. The molecular formula is C21H24F2N2O. The number of nitrogens with zero attached hydrogens (tertiary/aromatic N) is 1. The quantitative estimate of drug-likeness (QED) is 0.717. The van der Waals surface area contributed by atoms with Crippen LogP contribution in [-0.4, -0.2) is 36.7 Å². The van der Waals surface area contributed by atoms with Crippen molar-refractivity contribution >= 4 is 0 Å². The highest BCUT2D eigenvalue weighted by Crippen LogP contribution is 2.22. The summed E-state index contributed by atoms with van der Waals surface area (Å²) in [5.41, 5.74) is 12.2. The van der Waals surface area contributed by atoms with E-state index < -0.39 is 0 Å². The van der Waals surface area contributed by atoms with E-state index in [2.05, 4.69) is 16.4 Å².